The van der Waals surface area contributed by atoms with E-state index >= 15 is 0 Å². The van der Waals surface area contributed by atoms with E-state index in [-0.39, 0.29) is 11.9 Å². The Morgan fingerprint density at radius 1 is 1.44 bits per heavy atom. The van der Waals surface area contributed by atoms with Crippen LogP contribution in [0.3, 0.4) is 0 Å². The first-order valence-electron chi connectivity index (χ1n) is 6.18. The van der Waals surface area contributed by atoms with E-state index in [1.54, 1.807) is 12.0 Å². The van der Waals surface area contributed by atoms with Gasteiger partial charge in [-0.05, 0) is 32.4 Å². The number of piperidine rings is 1. The first-order valence-corrected chi connectivity index (χ1v) is 6.18. The van der Waals surface area contributed by atoms with Crippen LogP contribution in [0.25, 0.3) is 0 Å². The summed E-state index contributed by atoms with van der Waals surface area (Å²) in [6.07, 6.45) is 0.815. The van der Waals surface area contributed by atoms with Crippen LogP contribution in [0.4, 0.5) is 5.69 Å². The minimum absolute atomic E-state index is 0.0770. The third kappa shape index (κ3) is 2.08. The topological polar surface area (TPSA) is 55.6 Å². The van der Waals surface area contributed by atoms with Crippen LogP contribution >= 0.6 is 0 Å². The summed E-state index contributed by atoms with van der Waals surface area (Å²) in [7, 11) is 1.62. The molecule has 1 aliphatic rings. The number of benzene rings is 1. The minimum atomic E-state index is -0.513. The summed E-state index contributed by atoms with van der Waals surface area (Å²) in [5.74, 6) is 0.836. The SMILES string of the molecule is COc1cccc(N2CCC(N)C(C)(C)C2=O)c1. The lowest BCUT2D eigenvalue weighted by molar-refractivity contribution is -0.129. The summed E-state index contributed by atoms with van der Waals surface area (Å²) in [4.78, 5) is 14.3. The summed E-state index contributed by atoms with van der Waals surface area (Å²) in [5, 5.41) is 0. The van der Waals surface area contributed by atoms with Crippen LogP contribution in [-0.2, 0) is 4.79 Å². The van der Waals surface area contributed by atoms with Crippen molar-refractivity contribution in [3.05, 3.63) is 24.3 Å². The summed E-state index contributed by atoms with van der Waals surface area (Å²) >= 11 is 0. The molecule has 0 bridgehead atoms. The molecule has 1 amide bonds. The molecule has 1 unspecified atom stereocenters. The molecule has 0 aliphatic carbocycles. The molecule has 1 saturated heterocycles. The molecule has 0 radical (unpaired) electrons. The second-order valence-electron chi connectivity index (χ2n) is 5.28. The number of amides is 1. The number of methoxy groups -OCH3 is 1. The first kappa shape index (κ1) is 12.9. The van der Waals surface area contributed by atoms with Crippen LogP contribution in [0.2, 0.25) is 0 Å². The summed E-state index contributed by atoms with van der Waals surface area (Å²) in [6, 6.07) is 7.49. The van der Waals surface area contributed by atoms with Gasteiger partial charge in [-0.15, -0.1) is 0 Å². The fourth-order valence-corrected chi connectivity index (χ4v) is 2.26. The maximum absolute atomic E-state index is 12.5. The van der Waals surface area contributed by atoms with Crippen LogP contribution < -0.4 is 15.4 Å². The number of anilines is 1. The van der Waals surface area contributed by atoms with Gasteiger partial charge in [0.25, 0.3) is 0 Å². The molecule has 1 aromatic carbocycles. The van der Waals surface area contributed by atoms with Crippen LogP contribution in [0, 0.1) is 5.41 Å². The minimum Gasteiger partial charge on any atom is -0.497 e. The average molecular weight is 248 g/mol. The van der Waals surface area contributed by atoms with Crippen molar-refractivity contribution in [1.29, 1.82) is 0 Å². The van der Waals surface area contributed by atoms with Gasteiger partial charge in [-0.3, -0.25) is 4.79 Å². The number of ether oxygens (including phenoxy) is 1. The predicted molar refractivity (Wildman–Crippen MR) is 71.7 cm³/mol. The second-order valence-corrected chi connectivity index (χ2v) is 5.28. The zero-order valence-electron chi connectivity index (χ0n) is 11.1. The largest absolute Gasteiger partial charge is 0.497 e. The third-order valence-corrected chi connectivity index (χ3v) is 3.75. The molecule has 4 heteroatoms. The Bertz CT molecular complexity index is 457. The van der Waals surface area contributed by atoms with Gasteiger partial charge in [-0.2, -0.15) is 0 Å². The number of carbonyl (C=O) groups is 1. The Labute approximate surface area is 108 Å². The summed E-state index contributed by atoms with van der Waals surface area (Å²) in [6.45, 7) is 4.48. The van der Waals surface area contributed by atoms with Crippen molar-refractivity contribution < 1.29 is 9.53 Å². The zero-order chi connectivity index (χ0) is 13.3. The van der Waals surface area contributed by atoms with E-state index in [0.29, 0.717) is 6.54 Å². The molecule has 1 atom stereocenters. The quantitative estimate of drug-likeness (QED) is 0.868. The molecule has 4 nitrogen and oxygen atoms in total. The lowest BCUT2D eigenvalue weighted by atomic mass is 9.78. The first-order chi connectivity index (χ1) is 8.46. The summed E-state index contributed by atoms with van der Waals surface area (Å²) in [5.41, 5.74) is 6.39. The van der Waals surface area contributed by atoms with Crippen molar-refractivity contribution in [2.75, 3.05) is 18.6 Å². The van der Waals surface area contributed by atoms with E-state index in [2.05, 4.69) is 0 Å². The van der Waals surface area contributed by atoms with Crippen molar-refractivity contribution in [2.24, 2.45) is 11.1 Å². The van der Waals surface area contributed by atoms with Crippen LogP contribution in [0.1, 0.15) is 20.3 Å². The molecule has 1 aliphatic heterocycles. The Hall–Kier alpha value is -1.55. The molecule has 0 saturated carbocycles. The Kier molecular flexibility index (Phi) is 3.30. The number of hydrogen-bond donors (Lipinski definition) is 1. The highest BCUT2D eigenvalue weighted by Crippen LogP contribution is 2.33. The molecule has 1 heterocycles. The molecule has 1 aromatic rings. The lowest BCUT2D eigenvalue weighted by Gasteiger charge is -2.41. The Balaban J connectivity index is 2.31. The van der Waals surface area contributed by atoms with E-state index < -0.39 is 5.41 Å². The third-order valence-electron chi connectivity index (χ3n) is 3.75. The molecule has 98 valence electrons. The van der Waals surface area contributed by atoms with Gasteiger partial charge in [0.1, 0.15) is 5.75 Å². The Morgan fingerprint density at radius 2 is 2.17 bits per heavy atom. The smallest absolute Gasteiger partial charge is 0.234 e. The molecular weight excluding hydrogens is 228 g/mol. The highest BCUT2D eigenvalue weighted by molar-refractivity contribution is 5.98. The number of carbonyl (C=O) groups excluding carboxylic acids is 1. The van der Waals surface area contributed by atoms with Gasteiger partial charge in [0.05, 0.1) is 12.5 Å². The van der Waals surface area contributed by atoms with Gasteiger partial charge in [-0.1, -0.05) is 6.07 Å². The summed E-state index contributed by atoms with van der Waals surface area (Å²) < 4.78 is 5.19. The number of rotatable bonds is 2. The van der Waals surface area contributed by atoms with E-state index in [4.69, 9.17) is 10.5 Å². The van der Waals surface area contributed by atoms with Crippen LogP contribution in [-0.4, -0.2) is 25.6 Å². The normalized spacial score (nSPS) is 23.0. The molecular formula is C14H20N2O2. The standard InChI is InChI=1S/C14H20N2O2/c1-14(2)12(15)7-8-16(13(14)17)10-5-4-6-11(9-10)18-3/h4-6,9,12H,7-8,15H2,1-3H3. The van der Waals surface area contributed by atoms with Gasteiger partial charge in [-0.25, -0.2) is 0 Å². The number of nitrogens with two attached hydrogens (primary N) is 1. The van der Waals surface area contributed by atoms with Crippen molar-refractivity contribution in [3.63, 3.8) is 0 Å². The van der Waals surface area contributed by atoms with Gasteiger partial charge >= 0.3 is 0 Å². The monoisotopic (exact) mass is 248 g/mol. The maximum Gasteiger partial charge on any atom is 0.234 e. The van der Waals surface area contributed by atoms with Gasteiger partial charge < -0.3 is 15.4 Å². The fraction of sp³-hybridized carbons (Fsp3) is 0.500. The van der Waals surface area contributed by atoms with Crippen molar-refractivity contribution in [2.45, 2.75) is 26.3 Å². The molecule has 2 rings (SSSR count). The molecule has 1 fully saturated rings. The molecule has 0 spiro atoms. The number of nitrogens with zero attached hydrogens (tertiary/aromatic N) is 1. The van der Waals surface area contributed by atoms with Crippen LogP contribution in [0.5, 0.6) is 5.75 Å². The van der Waals surface area contributed by atoms with Gasteiger partial charge in [0.15, 0.2) is 0 Å². The fourth-order valence-electron chi connectivity index (χ4n) is 2.26. The Morgan fingerprint density at radius 3 is 2.83 bits per heavy atom. The molecule has 0 aromatic heterocycles. The molecule has 18 heavy (non-hydrogen) atoms. The maximum atomic E-state index is 12.5. The highest BCUT2D eigenvalue weighted by Gasteiger charge is 2.42. The molecule has 2 N–H and O–H groups in total. The lowest BCUT2D eigenvalue weighted by Crippen LogP contribution is -2.56. The van der Waals surface area contributed by atoms with E-state index in [1.165, 1.54) is 0 Å². The van der Waals surface area contributed by atoms with Crippen molar-refractivity contribution in [1.82, 2.24) is 0 Å². The zero-order valence-corrected chi connectivity index (χ0v) is 11.1. The predicted octanol–water partition coefficient (Wildman–Crippen LogP) is 1.79. The van der Waals surface area contributed by atoms with E-state index in [1.807, 2.05) is 38.1 Å². The van der Waals surface area contributed by atoms with E-state index in [9.17, 15) is 4.79 Å². The van der Waals surface area contributed by atoms with Crippen molar-refractivity contribution >= 4 is 11.6 Å². The highest BCUT2D eigenvalue weighted by atomic mass is 16.5. The van der Waals surface area contributed by atoms with Crippen LogP contribution in [0.15, 0.2) is 24.3 Å². The average Bonchev–Trinajstić information content (AvgIpc) is 2.37. The second kappa shape index (κ2) is 4.61. The van der Waals surface area contributed by atoms with Gasteiger partial charge in [0.2, 0.25) is 5.91 Å². The van der Waals surface area contributed by atoms with Crippen molar-refractivity contribution in [3.8, 4) is 5.75 Å². The van der Waals surface area contributed by atoms with Gasteiger partial charge in [0, 0.05) is 24.3 Å². The van der Waals surface area contributed by atoms with E-state index in [0.717, 1.165) is 17.9 Å². The number of hydrogen-bond acceptors (Lipinski definition) is 3.